The Labute approximate surface area is 136 Å². The molecule has 0 amide bonds. The number of halogens is 1. The smallest absolute Gasteiger partial charge is 0.131 e. The summed E-state index contributed by atoms with van der Waals surface area (Å²) in [6.45, 7) is 4.19. The number of allylic oxidation sites excluding steroid dienone is 1. The van der Waals surface area contributed by atoms with Crippen LogP contribution in [-0.4, -0.2) is 12.7 Å². The molecule has 1 heterocycles. The summed E-state index contributed by atoms with van der Waals surface area (Å²) in [5, 5.41) is 0. The molecule has 0 saturated carbocycles. The molecule has 0 spiro atoms. The van der Waals surface area contributed by atoms with Crippen molar-refractivity contribution in [2.24, 2.45) is 0 Å². The quantitative estimate of drug-likeness (QED) is 0.766. The molecular weight excluding hydrogens is 291 g/mol. The molecule has 0 radical (unpaired) electrons. The van der Waals surface area contributed by atoms with Gasteiger partial charge in [0.15, 0.2) is 0 Å². The van der Waals surface area contributed by atoms with Gasteiger partial charge in [-0.3, -0.25) is 0 Å². The molecule has 0 atom stereocenters. The van der Waals surface area contributed by atoms with E-state index >= 15 is 0 Å². The van der Waals surface area contributed by atoms with Crippen LogP contribution in [0.2, 0.25) is 0 Å². The predicted octanol–water partition coefficient (Wildman–Crippen LogP) is 5.29. The number of hydrogen-bond donors (Lipinski definition) is 0. The average Bonchev–Trinajstić information content (AvgIpc) is 2.55. The molecule has 23 heavy (non-hydrogen) atoms. The van der Waals surface area contributed by atoms with Crippen molar-refractivity contribution in [3.8, 4) is 5.75 Å². The van der Waals surface area contributed by atoms with Gasteiger partial charge in [0, 0.05) is 11.1 Å². The van der Waals surface area contributed by atoms with Crippen LogP contribution in [0.1, 0.15) is 37.8 Å². The molecule has 0 N–H and O–H groups in total. The van der Waals surface area contributed by atoms with Crippen LogP contribution in [0.5, 0.6) is 5.75 Å². The largest absolute Gasteiger partial charge is 0.497 e. The normalized spacial score (nSPS) is 16.9. The number of rotatable bonds is 3. The summed E-state index contributed by atoms with van der Waals surface area (Å²) in [6, 6.07) is 14.5. The molecule has 3 heteroatoms. The van der Waals surface area contributed by atoms with E-state index in [1.807, 2.05) is 36.4 Å². The fraction of sp³-hybridized carbons (Fsp3) is 0.300. The van der Waals surface area contributed by atoms with Crippen LogP contribution in [0, 0.1) is 5.82 Å². The van der Waals surface area contributed by atoms with Crippen molar-refractivity contribution in [1.82, 2.24) is 0 Å². The van der Waals surface area contributed by atoms with Gasteiger partial charge < -0.3 is 9.47 Å². The minimum absolute atomic E-state index is 0.210. The predicted molar refractivity (Wildman–Crippen MR) is 90.6 cm³/mol. The molecule has 3 rings (SSSR count). The first-order valence-electron chi connectivity index (χ1n) is 7.81. The molecule has 0 unspecified atom stereocenters. The van der Waals surface area contributed by atoms with Crippen molar-refractivity contribution >= 4 is 11.3 Å². The van der Waals surface area contributed by atoms with E-state index in [-0.39, 0.29) is 11.4 Å². The Kier molecular flexibility index (Phi) is 4.12. The first-order chi connectivity index (χ1) is 11.0. The summed E-state index contributed by atoms with van der Waals surface area (Å²) in [7, 11) is 1.65. The fourth-order valence-electron chi connectivity index (χ4n) is 2.83. The molecule has 2 aromatic carbocycles. The molecular formula is C20H21FO2. The number of benzene rings is 2. The zero-order valence-electron chi connectivity index (χ0n) is 13.7. The van der Waals surface area contributed by atoms with Gasteiger partial charge in [-0.1, -0.05) is 12.1 Å². The maximum atomic E-state index is 13.2. The summed E-state index contributed by atoms with van der Waals surface area (Å²) < 4.78 is 24.7. The van der Waals surface area contributed by atoms with Crippen LogP contribution in [0.25, 0.3) is 11.3 Å². The van der Waals surface area contributed by atoms with Gasteiger partial charge in [0.2, 0.25) is 0 Å². The number of methoxy groups -OCH3 is 1. The SMILES string of the molecule is COc1ccc(C2=C(c3ccc(F)cc3)CCC(C)(C)O2)cc1. The highest BCUT2D eigenvalue weighted by Crippen LogP contribution is 2.41. The minimum atomic E-state index is -0.225. The molecule has 0 aromatic heterocycles. The van der Waals surface area contributed by atoms with E-state index in [0.717, 1.165) is 41.1 Å². The maximum Gasteiger partial charge on any atom is 0.131 e. The lowest BCUT2D eigenvalue weighted by atomic mass is 9.88. The minimum Gasteiger partial charge on any atom is -0.497 e. The number of ether oxygens (including phenoxy) is 2. The molecule has 0 saturated heterocycles. The molecule has 2 aromatic rings. The van der Waals surface area contributed by atoms with Crippen molar-refractivity contribution in [3.05, 3.63) is 65.5 Å². The van der Waals surface area contributed by atoms with Crippen molar-refractivity contribution in [2.75, 3.05) is 7.11 Å². The Bertz CT molecular complexity index is 712. The summed E-state index contributed by atoms with van der Waals surface area (Å²) in [4.78, 5) is 0. The standard InChI is InChI=1S/C20H21FO2/c1-20(2)13-12-18(14-4-8-16(21)9-5-14)19(23-20)15-6-10-17(22-3)11-7-15/h4-11H,12-13H2,1-3H3. The molecule has 1 aliphatic rings. The van der Waals surface area contributed by atoms with E-state index in [1.165, 1.54) is 12.1 Å². The second-order valence-electron chi connectivity index (χ2n) is 6.40. The lowest BCUT2D eigenvalue weighted by Gasteiger charge is -2.35. The van der Waals surface area contributed by atoms with E-state index < -0.39 is 0 Å². The Morgan fingerprint density at radius 1 is 0.957 bits per heavy atom. The molecule has 0 aliphatic carbocycles. The molecule has 1 aliphatic heterocycles. The van der Waals surface area contributed by atoms with E-state index in [2.05, 4.69) is 13.8 Å². The third kappa shape index (κ3) is 3.39. The number of hydrogen-bond acceptors (Lipinski definition) is 2. The van der Waals surface area contributed by atoms with Crippen LogP contribution in [-0.2, 0) is 4.74 Å². The molecule has 2 nitrogen and oxygen atoms in total. The van der Waals surface area contributed by atoms with Gasteiger partial charge in [-0.15, -0.1) is 0 Å². The molecule has 120 valence electrons. The Balaban J connectivity index is 2.08. The highest BCUT2D eigenvalue weighted by molar-refractivity contribution is 5.88. The first kappa shape index (κ1) is 15.6. The molecule has 0 fully saturated rings. The van der Waals surface area contributed by atoms with Gasteiger partial charge in [-0.2, -0.15) is 0 Å². The van der Waals surface area contributed by atoms with Gasteiger partial charge in [0.25, 0.3) is 0 Å². The van der Waals surface area contributed by atoms with Crippen molar-refractivity contribution < 1.29 is 13.9 Å². The average molecular weight is 312 g/mol. The van der Waals surface area contributed by atoms with E-state index in [9.17, 15) is 4.39 Å². The van der Waals surface area contributed by atoms with Crippen LogP contribution >= 0.6 is 0 Å². The third-order valence-corrected chi connectivity index (χ3v) is 4.17. The van der Waals surface area contributed by atoms with Crippen LogP contribution in [0.4, 0.5) is 4.39 Å². The summed E-state index contributed by atoms with van der Waals surface area (Å²) in [5.41, 5.74) is 2.93. The highest BCUT2D eigenvalue weighted by atomic mass is 19.1. The van der Waals surface area contributed by atoms with Gasteiger partial charge in [-0.25, -0.2) is 4.39 Å². The zero-order chi connectivity index (χ0) is 16.4. The Hall–Kier alpha value is -2.29. The Morgan fingerprint density at radius 2 is 1.57 bits per heavy atom. The van der Waals surface area contributed by atoms with Crippen LogP contribution < -0.4 is 4.74 Å². The monoisotopic (exact) mass is 312 g/mol. The van der Waals surface area contributed by atoms with Crippen molar-refractivity contribution in [2.45, 2.75) is 32.3 Å². The van der Waals surface area contributed by atoms with Gasteiger partial charge in [0.05, 0.1) is 7.11 Å². The van der Waals surface area contributed by atoms with Gasteiger partial charge >= 0.3 is 0 Å². The lowest BCUT2D eigenvalue weighted by molar-refractivity contribution is 0.0620. The molecule has 0 bridgehead atoms. The lowest BCUT2D eigenvalue weighted by Crippen LogP contribution is -2.27. The van der Waals surface area contributed by atoms with Gasteiger partial charge in [0.1, 0.15) is 22.9 Å². The summed E-state index contributed by atoms with van der Waals surface area (Å²) in [6.07, 6.45) is 1.83. The topological polar surface area (TPSA) is 18.5 Å². The van der Waals surface area contributed by atoms with E-state index in [1.54, 1.807) is 7.11 Å². The van der Waals surface area contributed by atoms with E-state index in [4.69, 9.17) is 9.47 Å². The van der Waals surface area contributed by atoms with Crippen LogP contribution in [0.15, 0.2) is 48.5 Å². The second kappa shape index (κ2) is 6.07. The Morgan fingerprint density at radius 3 is 2.17 bits per heavy atom. The van der Waals surface area contributed by atoms with Crippen molar-refractivity contribution in [1.29, 1.82) is 0 Å². The summed E-state index contributed by atoms with van der Waals surface area (Å²) >= 11 is 0. The second-order valence-corrected chi connectivity index (χ2v) is 6.40. The highest BCUT2D eigenvalue weighted by Gasteiger charge is 2.29. The van der Waals surface area contributed by atoms with Crippen molar-refractivity contribution in [3.63, 3.8) is 0 Å². The summed E-state index contributed by atoms with van der Waals surface area (Å²) in [5.74, 6) is 1.46. The fourth-order valence-corrected chi connectivity index (χ4v) is 2.83. The third-order valence-electron chi connectivity index (χ3n) is 4.17. The van der Waals surface area contributed by atoms with Gasteiger partial charge in [-0.05, 0) is 68.7 Å². The van der Waals surface area contributed by atoms with E-state index in [0.29, 0.717) is 0 Å². The maximum absolute atomic E-state index is 13.2. The zero-order valence-corrected chi connectivity index (χ0v) is 13.7. The first-order valence-corrected chi connectivity index (χ1v) is 7.81. The van der Waals surface area contributed by atoms with Crippen LogP contribution in [0.3, 0.4) is 0 Å².